The molecule has 4 aromatic rings. The van der Waals surface area contributed by atoms with E-state index >= 15 is 0 Å². The van der Waals surface area contributed by atoms with Crippen LogP contribution in [0.15, 0.2) is 78.9 Å². The van der Waals surface area contributed by atoms with Gasteiger partial charge in [0.15, 0.2) is 11.5 Å². The molecule has 0 saturated heterocycles. The number of methoxy groups -OCH3 is 5. The van der Waals surface area contributed by atoms with Gasteiger partial charge in [0, 0.05) is 6.07 Å². The molecule has 0 N–H and O–H groups in total. The van der Waals surface area contributed by atoms with Crippen molar-refractivity contribution in [3.8, 4) is 40.2 Å². The number of aryl methyl sites for hydroxylation is 4. The number of ether oxygens (including phenoxy) is 6. The predicted octanol–water partition coefficient (Wildman–Crippen LogP) is 7.09. The van der Waals surface area contributed by atoms with Gasteiger partial charge in [-0.15, -0.1) is 0 Å². The molecular weight excluding hydrogens is 492 g/mol. The van der Waals surface area contributed by atoms with Crippen LogP contribution in [0.1, 0.15) is 22.3 Å². The number of hydrogen-bond acceptors (Lipinski definition) is 6. The Morgan fingerprint density at radius 3 is 1.33 bits per heavy atom. The molecule has 0 bridgehead atoms. The van der Waals surface area contributed by atoms with E-state index in [9.17, 15) is 0 Å². The Kier molecular flexibility index (Phi) is 9.57. The fraction of sp³-hybridized carbons (Fsp3) is 0.273. The van der Waals surface area contributed by atoms with Gasteiger partial charge in [-0.1, -0.05) is 24.3 Å². The largest absolute Gasteiger partial charge is 0.497 e. The third-order valence-corrected chi connectivity index (χ3v) is 6.59. The van der Waals surface area contributed by atoms with Crippen molar-refractivity contribution in [3.63, 3.8) is 0 Å². The van der Waals surface area contributed by atoms with E-state index in [1.54, 1.807) is 35.5 Å². The second-order valence-electron chi connectivity index (χ2n) is 9.15. The SMILES string of the molecule is COc1cccc(CCc2cc(OC)cc(Oc3c(OC)cc(CCc4cccc(OC)c4)cc3OC)c2)c1. The van der Waals surface area contributed by atoms with Gasteiger partial charge in [0.2, 0.25) is 5.75 Å². The topological polar surface area (TPSA) is 55.4 Å². The molecule has 0 fully saturated rings. The van der Waals surface area contributed by atoms with Crippen LogP contribution in [-0.2, 0) is 25.7 Å². The van der Waals surface area contributed by atoms with Crippen LogP contribution in [0.5, 0.6) is 40.2 Å². The normalized spacial score (nSPS) is 10.6. The van der Waals surface area contributed by atoms with E-state index in [2.05, 4.69) is 24.3 Å². The van der Waals surface area contributed by atoms with Gasteiger partial charge in [0.25, 0.3) is 0 Å². The van der Waals surface area contributed by atoms with E-state index in [4.69, 9.17) is 28.4 Å². The number of hydrogen-bond donors (Lipinski definition) is 0. The zero-order chi connectivity index (χ0) is 27.6. The molecule has 0 amide bonds. The zero-order valence-corrected chi connectivity index (χ0v) is 23.3. The summed E-state index contributed by atoms with van der Waals surface area (Å²) in [6.45, 7) is 0. The lowest BCUT2D eigenvalue weighted by molar-refractivity contribution is 0.344. The van der Waals surface area contributed by atoms with Crippen molar-refractivity contribution in [3.05, 3.63) is 101 Å². The first kappa shape index (κ1) is 27.7. The summed E-state index contributed by atoms with van der Waals surface area (Å²) in [5, 5.41) is 0. The molecular formula is C33H36O6. The zero-order valence-electron chi connectivity index (χ0n) is 23.3. The molecule has 204 valence electrons. The molecule has 0 atom stereocenters. The molecule has 0 spiro atoms. The Morgan fingerprint density at radius 2 is 0.846 bits per heavy atom. The fourth-order valence-corrected chi connectivity index (χ4v) is 4.48. The van der Waals surface area contributed by atoms with Crippen LogP contribution >= 0.6 is 0 Å². The van der Waals surface area contributed by atoms with Crippen LogP contribution in [0.25, 0.3) is 0 Å². The summed E-state index contributed by atoms with van der Waals surface area (Å²) in [5.74, 6) is 4.82. The van der Waals surface area contributed by atoms with E-state index in [0.29, 0.717) is 23.0 Å². The van der Waals surface area contributed by atoms with Crippen LogP contribution in [0.2, 0.25) is 0 Å². The lowest BCUT2D eigenvalue weighted by atomic mass is 10.0. The summed E-state index contributed by atoms with van der Waals surface area (Å²) in [6, 6.07) is 26.2. The van der Waals surface area contributed by atoms with Gasteiger partial charge in [-0.2, -0.15) is 0 Å². The molecule has 0 radical (unpaired) electrons. The molecule has 4 rings (SSSR count). The third kappa shape index (κ3) is 7.38. The molecule has 39 heavy (non-hydrogen) atoms. The molecule has 0 aliphatic carbocycles. The maximum Gasteiger partial charge on any atom is 0.211 e. The number of benzene rings is 4. The Morgan fingerprint density at radius 1 is 0.410 bits per heavy atom. The van der Waals surface area contributed by atoms with Crippen molar-refractivity contribution in [1.82, 2.24) is 0 Å². The Labute approximate surface area is 231 Å². The predicted molar refractivity (Wildman–Crippen MR) is 153 cm³/mol. The Balaban J connectivity index is 1.54. The highest BCUT2D eigenvalue weighted by Crippen LogP contribution is 2.42. The second-order valence-corrected chi connectivity index (χ2v) is 9.15. The summed E-state index contributed by atoms with van der Waals surface area (Å²) in [7, 11) is 8.29. The van der Waals surface area contributed by atoms with Gasteiger partial charge in [-0.25, -0.2) is 0 Å². The lowest BCUT2D eigenvalue weighted by Gasteiger charge is -2.17. The maximum atomic E-state index is 6.38. The molecule has 6 heteroatoms. The smallest absolute Gasteiger partial charge is 0.211 e. The quantitative estimate of drug-likeness (QED) is 0.185. The minimum absolute atomic E-state index is 0.525. The minimum Gasteiger partial charge on any atom is -0.497 e. The van der Waals surface area contributed by atoms with Gasteiger partial charge < -0.3 is 28.4 Å². The summed E-state index contributed by atoms with van der Waals surface area (Å²) in [6.07, 6.45) is 3.35. The van der Waals surface area contributed by atoms with E-state index in [-0.39, 0.29) is 0 Å². The molecule has 6 nitrogen and oxygen atoms in total. The minimum atomic E-state index is 0.525. The van der Waals surface area contributed by atoms with Crippen molar-refractivity contribution in [1.29, 1.82) is 0 Å². The van der Waals surface area contributed by atoms with E-state index in [0.717, 1.165) is 54.1 Å². The van der Waals surface area contributed by atoms with E-state index in [1.165, 1.54) is 11.1 Å². The highest BCUT2D eigenvalue weighted by Gasteiger charge is 2.17. The van der Waals surface area contributed by atoms with Crippen LogP contribution in [0, 0.1) is 0 Å². The van der Waals surface area contributed by atoms with E-state index < -0.39 is 0 Å². The van der Waals surface area contributed by atoms with Crippen molar-refractivity contribution < 1.29 is 28.4 Å². The average molecular weight is 529 g/mol. The van der Waals surface area contributed by atoms with Crippen LogP contribution < -0.4 is 28.4 Å². The highest BCUT2D eigenvalue weighted by molar-refractivity contribution is 5.56. The maximum absolute atomic E-state index is 6.38. The Hall–Kier alpha value is -4.32. The van der Waals surface area contributed by atoms with Crippen molar-refractivity contribution in [2.24, 2.45) is 0 Å². The van der Waals surface area contributed by atoms with Crippen molar-refractivity contribution in [2.45, 2.75) is 25.7 Å². The van der Waals surface area contributed by atoms with Gasteiger partial charge in [0.1, 0.15) is 23.0 Å². The lowest BCUT2D eigenvalue weighted by Crippen LogP contribution is -2.00. The van der Waals surface area contributed by atoms with Gasteiger partial charge in [-0.05, 0) is 96.5 Å². The third-order valence-electron chi connectivity index (χ3n) is 6.59. The van der Waals surface area contributed by atoms with Crippen LogP contribution in [0.3, 0.4) is 0 Å². The first-order chi connectivity index (χ1) is 19.0. The number of rotatable bonds is 13. The second kappa shape index (κ2) is 13.5. The summed E-state index contributed by atoms with van der Waals surface area (Å²) < 4.78 is 34.1. The molecule has 0 aliphatic rings. The van der Waals surface area contributed by atoms with Gasteiger partial charge in [-0.3, -0.25) is 0 Å². The Bertz CT molecular complexity index is 1360. The first-order valence-corrected chi connectivity index (χ1v) is 12.9. The van der Waals surface area contributed by atoms with E-state index in [1.807, 2.05) is 54.6 Å². The van der Waals surface area contributed by atoms with Crippen LogP contribution in [0.4, 0.5) is 0 Å². The van der Waals surface area contributed by atoms with Crippen molar-refractivity contribution >= 4 is 0 Å². The first-order valence-electron chi connectivity index (χ1n) is 12.9. The summed E-state index contributed by atoms with van der Waals surface area (Å²) >= 11 is 0. The van der Waals surface area contributed by atoms with Crippen molar-refractivity contribution in [2.75, 3.05) is 35.5 Å². The van der Waals surface area contributed by atoms with Crippen LogP contribution in [-0.4, -0.2) is 35.5 Å². The molecule has 4 aromatic carbocycles. The monoisotopic (exact) mass is 528 g/mol. The molecule has 0 unspecified atom stereocenters. The summed E-state index contributed by atoms with van der Waals surface area (Å²) in [4.78, 5) is 0. The summed E-state index contributed by atoms with van der Waals surface area (Å²) in [5.41, 5.74) is 4.58. The average Bonchev–Trinajstić information content (AvgIpc) is 2.99. The standard InChI is InChI=1S/C33H36O6/c1-34-27-10-6-8-23(16-27)12-14-25-18-29(36-3)22-30(19-25)39-33-31(37-4)20-26(21-32(33)38-5)15-13-24-9-7-11-28(17-24)35-2/h6-11,16-22H,12-15H2,1-5H3. The molecule has 0 aliphatic heterocycles. The molecule has 0 aromatic heterocycles. The molecule has 0 heterocycles. The fourth-order valence-electron chi connectivity index (χ4n) is 4.48. The van der Waals surface area contributed by atoms with Gasteiger partial charge >= 0.3 is 0 Å². The molecule has 0 saturated carbocycles. The van der Waals surface area contributed by atoms with Gasteiger partial charge in [0.05, 0.1) is 35.5 Å². The highest BCUT2D eigenvalue weighted by atomic mass is 16.5.